The summed E-state index contributed by atoms with van der Waals surface area (Å²) in [6.07, 6.45) is 2.14. The van der Waals surface area contributed by atoms with Crippen LogP contribution >= 0.6 is 0 Å². The van der Waals surface area contributed by atoms with Crippen molar-refractivity contribution in [2.24, 2.45) is 0 Å². The van der Waals surface area contributed by atoms with E-state index in [9.17, 15) is 4.79 Å². The summed E-state index contributed by atoms with van der Waals surface area (Å²) in [5.41, 5.74) is 5.57. The lowest BCUT2D eigenvalue weighted by atomic mass is 10.0. The van der Waals surface area contributed by atoms with Crippen LogP contribution in [0.3, 0.4) is 0 Å². The number of carbonyl (C=O) groups is 1. The molecule has 0 unspecified atom stereocenters. The summed E-state index contributed by atoms with van der Waals surface area (Å²) >= 11 is 0. The van der Waals surface area contributed by atoms with Crippen molar-refractivity contribution in [1.29, 1.82) is 0 Å². The van der Waals surface area contributed by atoms with Crippen molar-refractivity contribution >= 4 is 16.7 Å². The van der Waals surface area contributed by atoms with Crippen LogP contribution in [-0.4, -0.2) is 10.4 Å². The molecular formula is C23H19NO. The number of rotatable bonds is 4. The molecule has 0 atom stereocenters. The molecule has 0 saturated carbocycles. The number of nitrogens with zero attached hydrogens (tertiary/aromatic N) is 1. The Morgan fingerprint density at radius 2 is 1.56 bits per heavy atom. The summed E-state index contributed by atoms with van der Waals surface area (Å²) in [5, 5.41) is 1.23. The predicted octanol–water partition coefficient (Wildman–Crippen LogP) is 5.56. The minimum Gasteiger partial charge on any atom is -0.343 e. The fourth-order valence-corrected chi connectivity index (χ4v) is 3.20. The van der Waals surface area contributed by atoms with Gasteiger partial charge in [0.1, 0.15) is 0 Å². The van der Waals surface area contributed by atoms with Crippen molar-refractivity contribution in [2.75, 3.05) is 0 Å². The normalized spacial score (nSPS) is 10.9. The van der Waals surface area contributed by atoms with Crippen LogP contribution in [0.15, 0.2) is 85.1 Å². The van der Waals surface area contributed by atoms with Crippen LogP contribution in [-0.2, 0) is 6.54 Å². The standard InChI is InChI=1S/C23H19NO/c1-17(25)19-7-9-20(10-8-19)21-11-12-23-22(15-21)13-14-24(23)16-18-5-3-2-4-6-18/h2-15H,16H2,1H3. The molecule has 3 aromatic carbocycles. The molecule has 0 radical (unpaired) electrons. The Bertz CT molecular complexity index is 1030. The van der Waals surface area contributed by atoms with Crippen molar-refractivity contribution in [2.45, 2.75) is 13.5 Å². The molecular weight excluding hydrogens is 306 g/mol. The van der Waals surface area contributed by atoms with Crippen LogP contribution in [0.5, 0.6) is 0 Å². The number of hydrogen-bond acceptors (Lipinski definition) is 1. The first-order valence-electron chi connectivity index (χ1n) is 8.45. The van der Waals surface area contributed by atoms with Crippen LogP contribution in [0.4, 0.5) is 0 Å². The van der Waals surface area contributed by atoms with Gasteiger partial charge in [0.2, 0.25) is 0 Å². The van der Waals surface area contributed by atoms with Gasteiger partial charge in [-0.3, -0.25) is 4.79 Å². The van der Waals surface area contributed by atoms with E-state index in [0.717, 1.165) is 17.7 Å². The number of Topliss-reactive ketones (excluding diaryl/α,β-unsaturated/α-hetero) is 1. The third kappa shape index (κ3) is 3.11. The summed E-state index contributed by atoms with van der Waals surface area (Å²) in [7, 11) is 0. The molecule has 0 N–H and O–H groups in total. The number of aromatic nitrogens is 1. The summed E-state index contributed by atoms with van der Waals surface area (Å²) in [4.78, 5) is 11.4. The second kappa shape index (κ2) is 6.40. The van der Waals surface area contributed by atoms with Gasteiger partial charge >= 0.3 is 0 Å². The molecule has 2 nitrogen and oxygen atoms in total. The van der Waals surface area contributed by atoms with Gasteiger partial charge in [-0.15, -0.1) is 0 Å². The molecule has 4 aromatic rings. The number of fused-ring (bicyclic) bond motifs is 1. The van der Waals surface area contributed by atoms with E-state index in [2.05, 4.69) is 59.3 Å². The zero-order valence-electron chi connectivity index (χ0n) is 14.1. The molecule has 4 rings (SSSR count). The lowest BCUT2D eigenvalue weighted by molar-refractivity contribution is 0.101. The van der Waals surface area contributed by atoms with Gasteiger partial charge < -0.3 is 4.57 Å². The number of benzene rings is 3. The second-order valence-corrected chi connectivity index (χ2v) is 6.34. The average Bonchev–Trinajstić information content (AvgIpc) is 3.05. The molecule has 0 aliphatic heterocycles. The van der Waals surface area contributed by atoms with E-state index in [1.165, 1.54) is 22.0 Å². The SMILES string of the molecule is CC(=O)c1ccc(-c2ccc3c(ccn3Cc3ccccc3)c2)cc1. The minimum atomic E-state index is 0.0972. The van der Waals surface area contributed by atoms with Gasteiger partial charge in [0, 0.05) is 29.2 Å². The first kappa shape index (κ1) is 15.4. The Labute approximate surface area is 147 Å². The highest BCUT2D eigenvalue weighted by Crippen LogP contribution is 2.26. The Morgan fingerprint density at radius 1 is 0.840 bits per heavy atom. The molecule has 2 heteroatoms. The lowest BCUT2D eigenvalue weighted by Crippen LogP contribution is -1.97. The van der Waals surface area contributed by atoms with Gasteiger partial charge in [0.15, 0.2) is 5.78 Å². The highest BCUT2D eigenvalue weighted by Gasteiger charge is 2.05. The van der Waals surface area contributed by atoms with Crippen molar-refractivity contribution in [3.8, 4) is 11.1 Å². The lowest BCUT2D eigenvalue weighted by Gasteiger charge is -2.07. The van der Waals surface area contributed by atoms with Gasteiger partial charge in [-0.05, 0) is 41.8 Å². The zero-order valence-corrected chi connectivity index (χ0v) is 14.1. The topological polar surface area (TPSA) is 22.0 Å². The summed E-state index contributed by atoms with van der Waals surface area (Å²) in [6.45, 7) is 2.47. The maximum Gasteiger partial charge on any atom is 0.159 e. The summed E-state index contributed by atoms with van der Waals surface area (Å²) < 4.78 is 2.27. The first-order valence-corrected chi connectivity index (χ1v) is 8.45. The van der Waals surface area contributed by atoms with E-state index in [0.29, 0.717) is 0 Å². The number of carbonyl (C=O) groups excluding carboxylic acids is 1. The zero-order chi connectivity index (χ0) is 17.2. The van der Waals surface area contributed by atoms with E-state index in [4.69, 9.17) is 0 Å². The molecule has 0 amide bonds. The second-order valence-electron chi connectivity index (χ2n) is 6.34. The monoisotopic (exact) mass is 325 g/mol. The predicted molar refractivity (Wildman–Crippen MR) is 103 cm³/mol. The number of hydrogen-bond donors (Lipinski definition) is 0. The molecule has 1 heterocycles. The van der Waals surface area contributed by atoms with Crippen molar-refractivity contribution < 1.29 is 4.79 Å². The van der Waals surface area contributed by atoms with Crippen molar-refractivity contribution in [1.82, 2.24) is 4.57 Å². The Balaban J connectivity index is 1.66. The van der Waals surface area contributed by atoms with Crippen LogP contribution < -0.4 is 0 Å². The Morgan fingerprint density at radius 3 is 2.28 bits per heavy atom. The average molecular weight is 325 g/mol. The van der Waals surface area contributed by atoms with Gasteiger partial charge in [-0.25, -0.2) is 0 Å². The molecule has 0 saturated heterocycles. The van der Waals surface area contributed by atoms with Crippen molar-refractivity contribution in [3.05, 3.63) is 96.2 Å². The third-order valence-corrected chi connectivity index (χ3v) is 4.59. The van der Waals surface area contributed by atoms with Gasteiger partial charge in [-0.1, -0.05) is 60.7 Å². The largest absolute Gasteiger partial charge is 0.343 e. The van der Waals surface area contributed by atoms with E-state index in [1.54, 1.807) is 6.92 Å². The number of ketones is 1. The van der Waals surface area contributed by atoms with Crippen LogP contribution in [0, 0.1) is 0 Å². The van der Waals surface area contributed by atoms with Crippen molar-refractivity contribution in [3.63, 3.8) is 0 Å². The molecule has 122 valence electrons. The fourth-order valence-electron chi connectivity index (χ4n) is 3.20. The maximum absolute atomic E-state index is 11.4. The highest BCUT2D eigenvalue weighted by molar-refractivity contribution is 5.94. The van der Waals surface area contributed by atoms with Gasteiger partial charge in [0.25, 0.3) is 0 Å². The van der Waals surface area contributed by atoms with Gasteiger partial charge in [0.05, 0.1) is 0 Å². The summed E-state index contributed by atoms with van der Waals surface area (Å²) in [6, 6.07) is 27.0. The fraction of sp³-hybridized carbons (Fsp3) is 0.0870. The van der Waals surface area contributed by atoms with Crippen LogP contribution in [0.25, 0.3) is 22.0 Å². The molecule has 0 fully saturated rings. The van der Waals surface area contributed by atoms with E-state index in [1.807, 2.05) is 30.3 Å². The molecule has 0 bridgehead atoms. The third-order valence-electron chi connectivity index (χ3n) is 4.59. The first-order chi connectivity index (χ1) is 12.2. The van der Waals surface area contributed by atoms with Crippen LogP contribution in [0.1, 0.15) is 22.8 Å². The molecule has 25 heavy (non-hydrogen) atoms. The molecule has 0 aliphatic rings. The highest BCUT2D eigenvalue weighted by atomic mass is 16.1. The Hall–Kier alpha value is -3.13. The Kier molecular flexibility index (Phi) is 3.95. The van der Waals surface area contributed by atoms with E-state index < -0.39 is 0 Å². The molecule has 0 spiro atoms. The van der Waals surface area contributed by atoms with Gasteiger partial charge in [-0.2, -0.15) is 0 Å². The summed E-state index contributed by atoms with van der Waals surface area (Å²) in [5.74, 6) is 0.0972. The molecule has 1 aromatic heterocycles. The quantitative estimate of drug-likeness (QED) is 0.450. The van der Waals surface area contributed by atoms with Crippen LogP contribution in [0.2, 0.25) is 0 Å². The maximum atomic E-state index is 11.4. The minimum absolute atomic E-state index is 0.0972. The van der Waals surface area contributed by atoms with E-state index >= 15 is 0 Å². The van der Waals surface area contributed by atoms with E-state index in [-0.39, 0.29) is 5.78 Å². The molecule has 0 aliphatic carbocycles. The smallest absolute Gasteiger partial charge is 0.159 e.